The van der Waals surface area contributed by atoms with Crippen molar-refractivity contribution < 1.29 is 28.6 Å². The first-order valence-corrected chi connectivity index (χ1v) is 15.5. The number of hydrogen-bond donors (Lipinski definition) is 4. The number of nitrogens with one attached hydrogen (secondary N) is 2. The van der Waals surface area contributed by atoms with Crippen molar-refractivity contribution >= 4 is 35.2 Å². The van der Waals surface area contributed by atoms with E-state index in [4.69, 9.17) is 37.3 Å². The Balaban J connectivity index is 1.22. The first-order valence-electron chi connectivity index (χ1n) is 15.1. The molecule has 1 aromatic carbocycles. The number of ether oxygens (including phenoxy) is 3. The van der Waals surface area contributed by atoms with Gasteiger partial charge in [-0.25, -0.2) is 4.79 Å². The van der Waals surface area contributed by atoms with E-state index in [0.29, 0.717) is 56.2 Å². The van der Waals surface area contributed by atoms with Crippen molar-refractivity contribution in [1.29, 1.82) is 0 Å². The maximum Gasteiger partial charge on any atom is 0.338 e. The number of likely N-dealkylation sites (tertiary alicyclic amines) is 1. The third-order valence-corrected chi connectivity index (χ3v) is 8.73. The van der Waals surface area contributed by atoms with Gasteiger partial charge in [0, 0.05) is 45.4 Å². The molecule has 1 aliphatic heterocycles. The van der Waals surface area contributed by atoms with Gasteiger partial charge >= 0.3 is 5.97 Å². The van der Waals surface area contributed by atoms with Crippen molar-refractivity contribution in [2.45, 2.75) is 56.8 Å². The van der Waals surface area contributed by atoms with E-state index < -0.39 is 5.97 Å². The second-order valence-electron chi connectivity index (χ2n) is 11.3. The molecule has 3 atom stereocenters. The van der Waals surface area contributed by atoms with Gasteiger partial charge in [-0.05, 0) is 55.5 Å². The van der Waals surface area contributed by atoms with Gasteiger partial charge in [0.15, 0.2) is 0 Å². The molecule has 0 spiro atoms. The monoisotopic (exact) mass is 630 g/mol. The number of anilines is 1. The standard InChI is InChI=1S/C31H43ClN6O6/c1-42-26-18-38(14-12-24(26)36-29(40)22-16-23(32)27(34)37-30(22)43-2)15-13-35-28(39)20-8-10-21(11-9-20)31(41)44-25(17-33)19-6-4-3-5-7-19/h8-11,16,19,24-26H,3-7,12-15,17-18,33H2,1-2H3,(H2,34,37)(H,35,39)(H,36,40)/t24-,25-,26+/m0/s1. The molecular weight excluding hydrogens is 588 g/mol. The highest BCUT2D eigenvalue weighted by atomic mass is 35.5. The van der Waals surface area contributed by atoms with E-state index in [9.17, 15) is 14.4 Å². The lowest BCUT2D eigenvalue weighted by molar-refractivity contribution is 0.00681. The van der Waals surface area contributed by atoms with Gasteiger partial charge in [-0.3, -0.25) is 14.5 Å². The van der Waals surface area contributed by atoms with Gasteiger partial charge in [-0.2, -0.15) is 4.98 Å². The van der Waals surface area contributed by atoms with Crippen LogP contribution >= 0.6 is 11.6 Å². The molecule has 13 heteroatoms. The van der Waals surface area contributed by atoms with Crippen molar-refractivity contribution in [2.75, 3.05) is 52.7 Å². The van der Waals surface area contributed by atoms with Gasteiger partial charge in [0.2, 0.25) is 5.88 Å². The molecule has 0 radical (unpaired) electrons. The molecule has 4 rings (SSSR count). The smallest absolute Gasteiger partial charge is 0.338 e. The van der Waals surface area contributed by atoms with E-state index in [1.165, 1.54) is 19.6 Å². The van der Waals surface area contributed by atoms with Crippen LogP contribution in [-0.4, -0.2) is 92.9 Å². The summed E-state index contributed by atoms with van der Waals surface area (Å²) < 4.78 is 16.6. The largest absolute Gasteiger partial charge is 0.480 e. The van der Waals surface area contributed by atoms with E-state index in [-0.39, 0.29) is 52.3 Å². The second kappa shape index (κ2) is 16.0. The molecular formula is C31H43ClN6O6. The quantitative estimate of drug-likeness (QED) is 0.256. The Kier molecular flexibility index (Phi) is 12.2. The van der Waals surface area contributed by atoms with Crippen LogP contribution in [-0.2, 0) is 9.47 Å². The van der Waals surface area contributed by atoms with Gasteiger partial charge in [0.05, 0.1) is 29.8 Å². The maximum absolute atomic E-state index is 13.0. The van der Waals surface area contributed by atoms with Crippen molar-refractivity contribution in [3.05, 3.63) is 52.0 Å². The van der Waals surface area contributed by atoms with Crippen LogP contribution in [0.3, 0.4) is 0 Å². The molecule has 0 unspecified atom stereocenters. The van der Waals surface area contributed by atoms with Crippen molar-refractivity contribution in [1.82, 2.24) is 20.5 Å². The number of nitrogens with zero attached hydrogens (tertiary/aromatic N) is 2. The molecule has 1 aliphatic carbocycles. The summed E-state index contributed by atoms with van der Waals surface area (Å²) in [4.78, 5) is 44.7. The van der Waals surface area contributed by atoms with E-state index >= 15 is 0 Å². The fraction of sp³-hybridized carbons (Fsp3) is 0.548. The zero-order chi connectivity index (χ0) is 31.6. The average molecular weight is 631 g/mol. The summed E-state index contributed by atoms with van der Waals surface area (Å²) in [7, 11) is 3.01. The van der Waals surface area contributed by atoms with Crippen LogP contribution < -0.4 is 26.8 Å². The summed E-state index contributed by atoms with van der Waals surface area (Å²) in [6.07, 6.45) is 5.65. The number of amides is 2. The minimum absolute atomic E-state index is 0.0815. The van der Waals surface area contributed by atoms with Crippen molar-refractivity contribution in [3.63, 3.8) is 0 Å². The number of methoxy groups -OCH3 is 2. The van der Waals surface area contributed by atoms with Crippen LogP contribution in [0.2, 0.25) is 5.02 Å². The Morgan fingerprint density at radius 3 is 2.43 bits per heavy atom. The van der Waals surface area contributed by atoms with Crippen LogP contribution in [0.1, 0.15) is 69.6 Å². The van der Waals surface area contributed by atoms with E-state index in [1.54, 1.807) is 31.4 Å². The summed E-state index contributed by atoms with van der Waals surface area (Å²) in [6.45, 7) is 2.59. The second-order valence-corrected chi connectivity index (χ2v) is 11.7. The number of nitrogens with two attached hydrogens (primary N) is 2. The number of carbonyl (C=O) groups excluding carboxylic acids is 3. The molecule has 2 fully saturated rings. The summed E-state index contributed by atoms with van der Waals surface area (Å²) in [5.41, 5.74) is 12.7. The third-order valence-electron chi connectivity index (χ3n) is 8.43. The summed E-state index contributed by atoms with van der Waals surface area (Å²) in [6, 6.07) is 7.66. The zero-order valence-electron chi connectivity index (χ0n) is 25.4. The Labute approximate surface area is 263 Å². The van der Waals surface area contributed by atoms with Crippen LogP contribution in [0.4, 0.5) is 5.82 Å². The Hall–Kier alpha value is -3.45. The Morgan fingerprint density at radius 2 is 1.77 bits per heavy atom. The molecule has 2 heterocycles. The first kappa shape index (κ1) is 33.4. The van der Waals surface area contributed by atoms with Gasteiger partial charge in [0.1, 0.15) is 17.5 Å². The van der Waals surface area contributed by atoms with Crippen molar-refractivity contribution in [2.24, 2.45) is 11.7 Å². The topological polar surface area (TPSA) is 171 Å². The number of halogens is 1. The highest BCUT2D eigenvalue weighted by Crippen LogP contribution is 2.28. The number of piperidine rings is 1. The van der Waals surface area contributed by atoms with Crippen LogP contribution in [0.5, 0.6) is 5.88 Å². The number of rotatable bonds is 12. The van der Waals surface area contributed by atoms with Gasteiger partial charge in [0.25, 0.3) is 11.8 Å². The molecule has 1 aromatic heterocycles. The molecule has 12 nitrogen and oxygen atoms in total. The van der Waals surface area contributed by atoms with E-state index in [0.717, 1.165) is 25.7 Å². The molecule has 1 saturated heterocycles. The first-order chi connectivity index (χ1) is 21.2. The Bertz CT molecular complexity index is 1290. The summed E-state index contributed by atoms with van der Waals surface area (Å²) in [5, 5.41) is 6.10. The predicted molar refractivity (Wildman–Crippen MR) is 167 cm³/mol. The zero-order valence-corrected chi connectivity index (χ0v) is 26.1. The number of nitrogen functional groups attached to an aromatic ring is 1. The highest BCUT2D eigenvalue weighted by Gasteiger charge is 2.32. The molecule has 44 heavy (non-hydrogen) atoms. The lowest BCUT2D eigenvalue weighted by Crippen LogP contribution is -2.55. The lowest BCUT2D eigenvalue weighted by Gasteiger charge is -2.38. The number of pyridine rings is 1. The van der Waals surface area contributed by atoms with Gasteiger partial charge in [-0.1, -0.05) is 30.9 Å². The third kappa shape index (κ3) is 8.59. The number of esters is 1. The van der Waals surface area contributed by atoms with Crippen molar-refractivity contribution in [3.8, 4) is 5.88 Å². The minimum atomic E-state index is -0.418. The normalized spacial score (nSPS) is 20.0. The minimum Gasteiger partial charge on any atom is -0.480 e. The molecule has 2 aliphatic rings. The fourth-order valence-electron chi connectivity index (χ4n) is 5.87. The molecule has 1 saturated carbocycles. The Morgan fingerprint density at radius 1 is 1.07 bits per heavy atom. The highest BCUT2D eigenvalue weighted by molar-refractivity contribution is 6.33. The van der Waals surface area contributed by atoms with Gasteiger partial charge < -0.3 is 36.3 Å². The number of hydrogen-bond acceptors (Lipinski definition) is 10. The fourth-order valence-corrected chi connectivity index (χ4v) is 6.02. The predicted octanol–water partition coefficient (Wildman–Crippen LogP) is 2.64. The van der Waals surface area contributed by atoms with Crippen LogP contribution in [0.25, 0.3) is 0 Å². The number of carbonyl (C=O) groups is 3. The van der Waals surface area contributed by atoms with E-state index in [2.05, 4.69) is 20.5 Å². The molecule has 2 amide bonds. The molecule has 240 valence electrons. The number of aromatic nitrogens is 1. The van der Waals surface area contributed by atoms with Crippen LogP contribution in [0, 0.1) is 5.92 Å². The summed E-state index contributed by atoms with van der Waals surface area (Å²) in [5.74, 6) is -0.552. The average Bonchev–Trinajstić information content (AvgIpc) is 3.05. The molecule has 0 bridgehead atoms. The summed E-state index contributed by atoms with van der Waals surface area (Å²) >= 11 is 6.07. The maximum atomic E-state index is 13.0. The van der Waals surface area contributed by atoms with Gasteiger partial charge in [-0.15, -0.1) is 0 Å². The molecule has 2 aromatic rings. The van der Waals surface area contributed by atoms with E-state index in [1.807, 2.05) is 0 Å². The molecule has 6 N–H and O–H groups in total. The SMILES string of the molecule is COc1nc(N)c(Cl)cc1C(=O)N[C@H]1CCN(CCNC(=O)c2ccc(C(=O)O[C@@H](CN)C3CCCCC3)cc2)C[C@H]1OC. The lowest BCUT2D eigenvalue weighted by atomic mass is 9.85. The number of benzene rings is 1. The van der Waals surface area contributed by atoms with Crippen LogP contribution in [0.15, 0.2) is 30.3 Å².